The highest BCUT2D eigenvalue weighted by Crippen LogP contribution is 2.21. The lowest BCUT2D eigenvalue weighted by atomic mass is 10.2. The van der Waals surface area contributed by atoms with Gasteiger partial charge in [-0.25, -0.2) is 0 Å². The minimum absolute atomic E-state index is 0.0837. The van der Waals surface area contributed by atoms with Gasteiger partial charge in [-0.15, -0.1) is 0 Å². The molecule has 21 heavy (non-hydrogen) atoms. The van der Waals surface area contributed by atoms with Crippen molar-refractivity contribution in [1.29, 1.82) is 0 Å². The number of hydrogen-bond donors (Lipinski definition) is 2. The predicted octanol–water partition coefficient (Wildman–Crippen LogP) is 2.35. The maximum atomic E-state index is 11.9. The van der Waals surface area contributed by atoms with Gasteiger partial charge in [-0.3, -0.25) is 4.79 Å². The van der Waals surface area contributed by atoms with Gasteiger partial charge >= 0.3 is 0 Å². The van der Waals surface area contributed by atoms with Gasteiger partial charge in [-0.05, 0) is 30.7 Å². The van der Waals surface area contributed by atoms with Gasteiger partial charge in [0.2, 0.25) is 5.91 Å². The highest BCUT2D eigenvalue weighted by molar-refractivity contribution is 5.94. The summed E-state index contributed by atoms with van der Waals surface area (Å²) in [6.45, 7) is 3.49. The summed E-state index contributed by atoms with van der Waals surface area (Å²) >= 11 is 0. The number of nitrogens with two attached hydrogens (primary N) is 1. The highest BCUT2D eigenvalue weighted by Gasteiger charge is 2.12. The first-order valence-corrected chi connectivity index (χ1v) is 7.29. The Morgan fingerprint density at radius 3 is 2.90 bits per heavy atom. The van der Waals surface area contributed by atoms with Crippen LogP contribution in [0.4, 0.5) is 5.69 Å². The Labute approximate surface area is 125 Å². The van der Waals surface area contributed by atoms with Gasteiger partial charge in [0.15, 0.2) is 0 Å². The quantitative estimate of drug-likeness (QED) is 0.822. The van der Waals surface area contributed by atoms with Crippen molar-refractivity contribution in [3.05, 3.63) is 30.5 Å². The summed E-state index contributed by atoms with van der Waals surface area (Å²) in [6.07, 6.45) is 3.20. The van der Waals surface area contributed by atoms with Gasteiger partial charge < -0.3 is 20.4 Å². The van der Waals surface area contributed by atoms with Crippen LogP contribution in [0.2, 0.25) is 0 Å². The molecule has 3 N–H and O–H groups in total. The Morgan fingerprint density at radius 2 is 2.24 bits per heavy atom. The Hall–Kier alpha value is -1.85. The smallest absolute Gasteiger partial charge is 0.227 e. The third-order valence-corrected chi connectivity index (χ3v) is 3.53. The summed E-state index contributed by atoms with van der Waals surface area (Å²) in [5.41, 5.74) is 7.51. The number of anilines is 1. The van der Waals surface area contributed by atoms with E-state index < -0.39 is 0 Å². The van der Waals surface area contributed by atoms with Crippen molar-refractivity contribution >= 4 is 22.5 Å². The molecule has 0 fully saturated rings. The van der Waals surface area contributed by atoms with Crippen LogP contribution in [0.1, 0.15) is 19.8 Å². The molecule has 0 spiro atoms. The Balaban J connectivity index is 2.07. The van der Waals surface area contributed by atoms with Gasteiger partial charge in [0.25, 0.3) is 0 Å². The van der Waals surface area contributed by atoms with Gasteiger partial charge in [0, 0.05) is 43.0 Å². The number of carbonyl (C=O) groups excluding carboxylic acids is 1. The van der Waals surface area contributed by atoms with E-state index in [1.54, 1.807) is 7.11 Å². The lowest BCUT2D eigenvalue weighted by Crippen LogP contribution is -2.28. The minimum Gasteiger partial charge on any atom is -0.380 e. The molecule has 0 radical (unpaired) electrons. The van der Waals surface area contributed by atoms with Crippen LogP contribution < -0.4 is 11.1 Å². The van der Waals surface area contributed by atoms with Crippen LogP contribution in [0.5, 0.6) is 0 Å². The first-order valence-electron chi connectivity index (χ1n) is 7.29. The number of methoxy groups -OCH3 is 1. The van der Waals surface area contributed by atoms with E-state index >= 15 is 0 Å². The minimum atomic E-state index is -0.237. The highest BCUT2D eigenvalue weighted by atomic mass is 16.5. The van der Waals surface area contributed by atoms with E-state index in [1.165, 1.54) is 5.52 Å². The van der Waals surface area contributed by atoms with Crippen LogP contribution >= 0.6 is 0 Å². The second kappa shape index (κ2) is 7.24. The zero-order chi connectivity index (χ0) is 15.2. The van der Waals surface area contributed by atoms with Gasteiger partial charge in [-0.2, -0.15) is 0 Å². The van der Waals surface area contributed by atoms with Gasteiger partial charge in [0.05, 0.1) is 12.5 Å². The molecule has 1 unspecified atom stereocenters. The van der Waals surface area contributed by atoms with Crippen molar-refractivity contribution in [1.82, 2.24) is 4.57 Å². The number of carbonyl (C=O) groups is 1. The molecule has 0 saturated carbocycles. The molecule has 1 aromatic carbocycles. The van der Waals surface area contributed by atoms with E-state index in [9.17, 15) is 4.79 Å². The predicted molar refractivity (Wildman–Crippen MR) is 85.3 cm³/mol. The molecule has 1 heterocycles. The molecule has 5 nitrogen and oxygen atoms in total. The number of nitrogens with one attached hydrogen (secondary N) is 1. The molecule has 0 saturated heterocycles. The molecule has 0 aliphatic heterocycles. The molecular weight excluding hydrogens is 266 g/mol. The molecule has 5 heteroatoms. The lowest BCUT2D eigenvalue weighted by molar-refractivity contribution is -0.118. The second-order valence-corrected chi connectivity index (χ2v) is 5.13. The van der Waals surface area contributed by atoms with Crippen LogP contribution in [-0.4, -0.2) is 30.2 Å². The molecular formula is C16H23N3O2. The van der Waals surface area contributed by atoms with Crippen molar-refractivity contribution in [2.24, 2.45) is 5.73 Å². The molecule has 2 rings (SSSR count). The number of benzene rings is 1. The van der Waals surface area contributed by atoms with E-state index in [2.05, 4.69) is 29.1 Å². The second-order valence-electron chi connectivity index (χ2n) is 5.13. The Bertz CT molecular complexity index is 603. The summed E-state index contributed by atoms with van der Waals surface area (Å²) in [5, 5.41) is 4.02. The molecule has 1 amide bonds. The van der Waals surface area contributed by atoms with E-state index in [0.717, 1.165) is 24.0 Å². The fourth-order valence-corrected chi connectivity index (χ4v) is 2.40. The maximum Gasteiger partial charge on any atom is 0.227 e. The van der Waals surface area contributed by atoms with Gasteiger partial charge in [0.1, 0.15) is 0 Å². The van der Waals surface area contributed by atoms with Crippen molar-refractivity contribution in [2.75, 3.05) is 19.0 Å². The fourth-order valence-electron chi connectivity index (χ4n) is 2.40. The van der Waals surface area contributed by atoms with Crippen LogP contribution in [0.15, 0.2) is 30.5 Å². The van der Waals surface area contributed by atoms with Crippen molar-refractivity contribution < 1.29 is 9.53 Å². The molecule has 0 aliphatic rings. The lowest BCUT2D eigenvalue weighted by Gasteiger charge is -2.12. The van der Waals surface area contributed by atoms with Gasteiger partial charge in [-0.1, -0.05) is 6.92 Å². The Kier molecular flexibility index (Phi) is 5.36. The van der Waals surface area contributed by atoms with E-state index in [0.29, 0.717) is 6.54 Å². The average molecular weight is 289 g/mol. The van der Waals surface area contributed by atoms with E-state index in [4.69, 9.17) is 10.5 Å². The number of aryl methyl sites for hydroxylation is 1. The average Bonchev–Trinajstić information content (AvgIpc) is 2.87. The number of amides is 1. The number of aromatic nitrogens is 1. The molecule has 0 aliphatic carbocycles. The SMILES string of the molecule is CCCn1ccc2cc(NC(=O)CC(CN)OC)ccc21. The standard InChI is InChI=1S/C16H23N3O2/c1-3-7-19-8-6-12-9-13(4-5-15(12)19)18-16(20)10-14(11-17)21-2/h4-6,8-9,14H,3,7,10-11,17H2,1-2H3,(H,18,20). The fraction of sp³-hybridized carbons (Fsp3) is 0.438. The van der Waals surface area contributed by atoms with E-state index in [-0.39, 0.29) is 18.4 Å². The zero-order valence-electron chi connectivity index (χ0n) is 12.6. The summed E-state index contributed by atoms with van der Waals surface area (Å²) in [5.74, 6) is -0.0837. The van der Waals surface area contributed by atoms with Crippen LogP contribution in [0, 0.1) is 0 Å². The molecule has 0 bridgehead atoms. The molecule has 1 aromatic heterocycles. The summed E-state index contributed by atoms with van der Waals surface area (Å²) in [6, 6.07) is 8.02. The first kappa shape index (κ1) is 15.5. The van der Waals surface area contributed by atoms with Crippen molar-refractivity contribution in [2.45, 2.75) is 32.4 Å². The van der Waals surface area contributed by atoms with E-state index in [1.807, 2.05) is 18.2 Å². The summed E-state index contributed by atoms with van der Waals surface area (Å²) in [7, 11) is 1.56. The van der Waals surface area contributed by atoms with Crippen LogP contribution in [0.3, 0.4) is 0 Å². The summed E-state index contributed by atoms with van der Waals surface area (Å²) < 4.78 is 7.34. The van der Waals surface area contributed by atoms with Crippen molar-refractivity contribution in [3.63, 3.8) is 0 Å². The first-order chi connectivity index (χ1) is 10.2. The monoisotopic (exact) mass is 289 g/mol. The van der Waals surface area contributed by atoms with Crippen molar-refractivity contribution in [3.8, 4) is 0 Å². The topological polar surface area (TPSA) is 69.3 Å². The Morgan fingerprint density at radius 1 is 1.43 bits per heavy atom. The van der Waals surface area contributed by atoms with Crippen LogP contribution in [-0.2, 0) is 16.1 Å². The summed E-state index contributed by atoms with van der Waals surface area (Å²) in [4.78, 5) is 11.9. The third kappa shape index (κ3) is 3.83. The maximum absolute atomic E-state index is 11.9. The van der Waals surface area contributed by atoms with Crippen LogP contribution in [0.25, 0.3) is 10.9 Å². The largest absolute Gasteiger partial charge is 0.380 e. The normalized spacial score (nSPS) is 12.5. The number of nitrogens with zero attached hydrogens (tertiary/aromatic N) is 1. The molecule has 2 aromatic rings. The third-order valence-electron chi connectivity index (χ3n) is 3.53. The molecule has 114 valence electrons. The number of rotatable bonds is 7. The zero-order valence-corrected chi connectivity index (χ0v) is 12.6. The number of fused-ring (bicyclic) bond motifs is 1. The number of hydrogen-bond acceptors (Lipinski definition) is 3. The number of ether oxygens (including phenoxy) is 1. The molecule has 1 atom stereocenters.